The normalized spacial score (nSPS) is 16.1. The molecule has 1 aromatic rings. The number of hydrogen-bond acceptors (Lipinski definition) is 3. The maximum Gasteiger partial charge on any atom is 0.222 e. The van der Waals surface area contributed by atoms with Gasteiger partial charge in [-0.3, -0.25) is 9.59 Å². The number of hydrogen-bond donors (Lipinski definition) is 2. The minimum atomic E-state index is -0.0650. The van der Waals surface area contributed by atoms with Gasteiger partial charge >= 0.3 is 0 Å². The molecule has 1 fully saturated rings. The fourth-order valence-electron chi connectivity index (χ4n) is 2.49. The van der Waals surface area contributed by atoms with E-state index in [2.05, 4.69) is 17.6 Å². The van der Waals surface area contributed by atoms with Gasteiger partial charge in [0.2, 0.25) is 11.8 Å². The second-order valence-corrected chi connectivity index (χ2v) is 5.60. The van der Waals surface area contributed by atoms with Gasteiger partial charge in [-0.05, 0) is 31.0 Å². The summed E-state index contributed by atoms with van der Waals surface area (Å²) in [6, 6.07) is 8.04. The lowest BCUT2D eigenvalue weighted by atomic mass is 10.2. The average Bonchev–Trinajstić information content (AvgIpc) is 2.83. The molecule has 5 nitrogen and oxygen atoms in total. The number of carbonyl (C=O) groups excluding carboxylic acids is 2. The van der Waals surface area contributed by atoms with Crippen LogP contribution in [0.2, 0.25) is 0 Å². The highest BCUT2D eigenvalue weighted by Crippen LogP contribution is 2.11. The number of nitrogens with one attached hydrogen (secondary N) is 2. The monoisotopic (exact) mass is 289 g/mol. The van der Waals surface area contributed by atoms with Crippen molar-refractivity contribution in [3.63, 3.8) is 0 Å². The second-order valence-electron chi connectivity index (χ2n) is 5.60. The van der Waals surface area contributed by atoms with Crippen LogP contribution in [-0.4, -0.2) is 35.8 Å². The molecule has 1 aromatic carbocycles. The van der Waals surface area contributed by atoms with Crippen LogP contribution in [0.3, 0.4) is 0 Å². The molecule has 1 atom stereocenters. The van der Waals surface area contributed by atoms with E-state index in [9.17, 15) is 9.59 Å². The first-order valence-electron chi connectivity index (χ1n) is 7.42. The van der Waals surface area contributed by atoms with Gasteiger partial charge in [0.1, 0.15) is 0 Å². The van der Waals surface area contributed by atoms with E-state index in [0.29, 0.717) is 6.42 Å². The molecule has 0 aromatic heterocycles. The molecule has 5 heteroatoms. The second kappa shape index (κ2) is 7.22. The van der Waals surface area contributed by atoms with Crippen LogP contribution < -0.4 is 10.6 Å². The Morgan fingerprint density at radius 2 is 2.05 bits per heavy atom. The first kappa shape index (κ1) is 15.5. The first-order valence-corrected chi connectivity index (χ1v) is 7.42. The van der Waals surface area contributed by atoms with Crippen molar-refractivity contribution in [2.45, 2.75) is 39.3 Å². The van der Waals surface area contributed by atoms with E-state index < -0.39 is 0 Å². The molecule has 1 saturated heterocycles. The van der Waals surface area contributed by atoms with Crippen molar-refractivity contribution in [1.82, 2.24) is 10.2 Å². The van der Waals surface area contributed by atoms with E-state index >= 15 is 0 Å². The predicted molar refractivity (Wildman–Crippen MR) is 82.9 cm³/mol. The summed E-state index contributed by atoms with van der Waals surface area (Å²) >= 11 is 0. The van der Waals surface area contributed by atoms with Crippen LogP contribution in [-0.2, 0) is 16.1 Å². The number of nitrogens with zero attached hydrogens (tertiary/aromatic N) is 1. The molecule has 0 aliphatic carbocycles. The van der Waals surface area contributed by atoms with Crippen molar-refractivity contribution in [3.8, 4) is 0 Å². The van der Waals surface area contributed by atoms with Gasteiger partial charge in [0.25, 0.3) is 0 Å². The molecule has 1 unspecified atom stereocenters. The number of carbonyl (C=O) groups is 2. The molecular weight excluding hydrogens is 266 g/mol. The summed E-state index contributed by atoms with van der Waals surface area (Å²) in [6.07, 6.45) is 1.67. The Morgan fingerprint density at radius 3 is 2.62 bits per heavy atom. The topological polar surface area (TPSA) is 61.4 Å². The number of amides is 2. The summed E-state index contributed by atoms with van der Waals surface area (Å²) in [6.45, 7) is 6.00. The number of rotatable bonds is 6. The van der Waals surface area contributed by atoms with E-state index in [-0.39, 0.29) is 17.9 Å². The Morgan fingerprint density at radius 1 is 1.33 bits per heavy atom. The van der Waals surface area contributed by atoms with Gasteiger partial charge in [0, 0.05) is 44.7 Å². The van der Waals surface area contributed by atoms with Crippen molar-refractivity contribution in [2.24, 2.45) is 0 Å². The molecule has 1 aliphatic rings. The van der Waals surface area contributed by atoms with E-state index in [0.717, 1.165) is 37.3 Å². The van der Waals surface area contributed by atoms with Crippen molar-refractivity contribution >= 4 is 17.5 Å². The molecule has 1 aliphatic heterocycles. The van der Waals surface area contributed by atoms with Gasteiger partial charge in [-0.2, -0.15) is 0 Å². The fraction of sp³-hybridized carbons (Fsp3) is 0.500. The van der Waals surface area contributed by atoms with Gasteiger partial charge in [-0.1, -0.05) is 12.1 Å². The van der Waals surface area contributed by atoms with Gasteiger partial charge in [0.05, 0.1) is 0 Å². The summed E-state index contributed by atoms with van der Waals surface area (Å²) in [5, 5.41) is 6.17. The summed E-state index contributed by atoms with van der Waals surface area (Å²) < 4.78 is 0. The summed E-state index contributed by atoms with van der Waals surface area (Å²) in [5.74, 6) is 0.202. The van der Waals surface area contributed by atoms with Crippen molar-refractivity contribution < 1.29 is 9.59 Å². The van der Waals surface area contributed by atoms with Crippen LogP contribution in [0.5, 0.6) is 0 Å². The first-order chi connectivity index (χ1) is 10.0. The molecule has 114 valence electrons. The Balaban J connectivity index is 1.76. The van der Waals surface area contributed by atoms with E-state index in [1.54, 1.807) is 0 Å². The Labute approximate surface area is 125 Å². The molecule has 0 spiro atoms. The molecule has 0 radical (unpaired) electrons. The highest BCUT2D eigenvalue weighted by atomic mass is 16.2. The van der Waals surface area contributed by atoms with Crippen LogP contribution in [0.15, 0.2) is 24.3 Å². The smallest absolute Gasteiger partial charge is 0.222 e. The van der Waals surface area contributed by atoms with Gasteiger partial charge < -0.3 is 15.5 Å². The predicted octanol–water partition coefficient (Wildman–Crippen LogP) is 1.75. The Hall–Kier alpha value is -1.88. The number of likely N-dealkylation sites (tertiary alicyclic amines) is 1. The third kappa shape index (κ3) is 4.86. The standard InChI is InChI=1S/C16H23N3O2/c1-12(11-19-9-3-4-16(19)21)17-10-14-5-7-15(8-6-14)18-13(2)20/h5-8,12,17H,3-4,9-11H2,1-2H3,(H,18,20). The van der Waals surface area contributed by atoms with Crippen LogP contribution in [0.4, 0.5) is 5.69 Å². The minimum absolute atomic E-state index is 0.0650. The minimum Gasteiger partial charge on any atom is -0.341 e. The maximum atomic E-state index is 11.6. The number of benzene rings is 1. The summed E-state index contributed by atoms with van der Waals surface area (Å²) in [4.78, 5) is 24.5. The van der Waals surface area contributed by atoms with E-state index in [4.69, 9.17) is 0 Å². The lowest BCUT2D eigenvalue weighted by Gasteiger charge is -2.21. The molecule has 0 saturated carbocycles. The van der Waals surface area contributed by atoms with Crippen molar-refractivity contribution in [1.29, 1.82) is 0 Å². The highest BCUT2D eigenvalue weighted by molar-refractivity contribution is 5.88. The maximum absolute atomic E-state index is 11.6. The molecule has 21 heavy (non-hydrogen) atoms. The number of anilines is 1. The van der Waals surface area contributed by atoms with Gasteiger partial charge in [-0.15, -0.1) is 0 Å². The molecule has 2 amide bonds. The SMILES string of the molecule is CC(=O)Nc1ccc(CNC(C)CN2CCCC2=O)cc1. The van der Waals surface area contributed by atoms with Crippen LogP contribution in [0, 0.1) is 0 Å². The van der Waals surface area contributed by atoms with Gasteiger partial charge in [-0.25, -0.2) is 0 Å². The van der Waals surface area contributed by atoms with Crippen LogP contribution >= 0.6 is 0 Å². The molecule has 2 N–H and O–H groups in total. The third-order valence-corrected chi connectivity index (χ3v) is 3.59. The molecule has 0 bridgehead atoms. The zero-order valence-corrected chi connectivity index (χ0v) is 12.7. The van der Waals surface area contributed by atoms with E-state index in [1.165, 1.54) is 6.92 Å². The lowest BCUT2D eigenvalue weighted by Crippen LogP contribution is -2.39. The summed E-state index contributed by atoms with van der Waals surface area (Å²) in [5.41, 5.74) is 1.96. The molecule has 2 rings (SSSR count). The zero-order valence-electron chi connectivity index (χ0n) is 12.7. The fourth-order valence-corrected chi connectivity index (χ4v) is 2.49. The van der Waals surface area contributed by atoms with Crippen LogP contribution in [0.25, 0.3) is 0 Å². The summed E-state index contributed by atoms with van der Waals surface area (Å²) in [7, 11) is 0. The third-order valence-electron chi connectivity index (χ3n) is 3.59. The van der Waals surface area contributed by atoms with Crippen molar-refractivity contribution in [3.05, 3.63) is 29.8 Å². The quantitative estimate of drug-likeness (QED) is 0.838. The molecule has 1 heterocycles. The van der Waals surface area contributed by atoms with E-state index in [1.807, 2.05) is 29.2 Å². The van der Waals surface area contributed by atoms with Gasteiger partial charge in [0.15, 0.2) is 0 Å². The van der Waals surface area contributed by atoms with Crippen LogP contribution in [0.1, 0.15) is 32.3 Å². The molecular formula is C16H23N3O2. The Kier molecular flexibility index (Phi) is 5.33. The zero-order chi connectivity index (χ0) is 15.2. The average molecular weight is 289 g/mol. The lowest BCUT2D eigenvalue weighted by molar-refractivity contribution is -0.128. The van der Waals surface area contributed by atoms with Crippen molar-refractivity contribution in [2.75, 3.05) is 18.4 Å². The highest BCUT2D eigenvalue weighted by Gasteiger charge is 2.21. The largest absolute Gasteiger partial charge is 0.341 e. The Bertz CT molecular complexity index is 499.